The predicted octanol–water partition coefficient (Wildman–Crippen LogP) is 1.17. The van der Waals surface area contributed by atoms with Crippen LogP contribution in [0.5, 0.6) is 0 Å². The van der Waals surface area contributed by atoms with E-state index in [1.807, 2.05) is 0 Å². The second kappa shape index (κ2) is 5.24. The van der Waals surface area contributed by atoms with Gasteiger partial charge in [-0.25, -0.2) is 5.10 Å². The van der Waals surface area contributed by atoms with Crippen molar-refractivity contribution in [2.24, 2.45) is 12.2 Å². The van der Waals surface area contributed by atoms with Gasteiger partial charge in [-0.1, -0.05) is 16.7 Å². The van der Waals surface area contributed by atoms with E-state index < -0.39 is 16.8 Å². The molecule has 2 rings (SSSR count). The molecule has 6 N–H and O–H groups in total. The van der Waals surface area contributed by atoms with E-state index in [-0.39, 0.29) is 23.0 Å². The van der Waals surface area contributed by atoms with Crippen LogP contribution in [0.1, 0.15) is 5.56 Å². The highest BCUT2D eigenvalue weighted by molar-refractivity contribution is 6.31. The molecule has 1 aromatic carbocycles. The number of nitrogens with two attached hydrogens (primary N) is 2. The molecular weight excluding hydrogens is 309 g/mol. The summed E-state index contributed by atoms with van der Waals surface area (Å²) in [6.45, 7) is 0. The molecule has 0 saturated carbocycles. The van der Waals surface area contributed by atoms with Gasteiger partial charge < -0.3 is 5.73 Å². The first kappa shape index (κ1) is 15.1. The maximum absolute atomic E-state index is 12.7. The molecule has 1 heterocycles. The molecule has 0 unspecified atom stereocenters. The van der Waals surface area contributed by atoms with E-state index in [9.17, 15) is 13.2 Å². The van der Waals surface area contributed by atoms with E-state index in [1.165, 1.54) is 10.7 Å². The summed E-state index contributed by atoms with van der Waals surface area (Å²) in [5, 5.41) is 8.66. The molecule has 0 fully saturated rings. The highest BCUT2D eigenvalue weighted by Crippen LogP contribution is 2.36. The zero-order valence-electron chi connectivity index (χ0n) is 10.8. The molecule has 112 valence electrons. The third-order valence-corrected chi connectivity index (χ3v) is 3.06. The van der Waals surface area contributed by atoms with Crippen LogP contribution in [0, 0.1) is 0 Å². The first-order valence-electron chi connectivity index (χ1n) is 5.66. The van der Waals surface area contributed by atoms with Crippen molar-refractivity contribution >= 4 is 34.6 Å². The summed E-state index contributed by atoms with van der Waals surface area (Å²) in [5.41, 5.74) is 10.7. The van der Waals surface area contributed by atoms with Gasteiger partial charge in [-0.2, -0.15) is 17.9 Å². The summed E-state index contributed by atoms with van der Waals surface area (Å²) < 4.78 is 39.6. The second-order valence-corrected chi connectivity index (χ2v) is 4.64. The van der Waals surface area contributed by atoms with Crippen molar-refractivity contribution < 1.29 is 23.0 Å². The maximum Gasteiger partial charge on any atom is 0.417 e. The predicted molar refractivity (Wildman–Crippen MR) is 70.0 cm³/mol. The average molecular weight is 321 g/mol. The topological polar surface area (TPSA) is 98.0 Å². The number of hydrogen-bond acceptors (Lipinski definition) is 3. The number of nitrogens with one attached hydrogen (secondary N) is 2. The minimum Gasteiger partial charge on any atom is -0.377 e. The first-order chi connectivity index (χ1) is 9.70. The van der Waals surface area contributed by atoms with Gasteiger partial charge in [0.05, 0.1) is 10.6 Å². The highest BCUT2D eigenvalue weighted by atomic mass is 35.5. The number of azo groups is 1. The van der Waals surface area contributed by atoms with Gasteiger partial charge in [0.2, 0.25) is 5.82 Å². The Hall–Kier alpha value is -2.29. The van der Waals surface area contributed by atoms with Crippen LogP contribution in [0.25, 0.3) is 0 Å². The lowest BCUT2D eigenvalue weighted by Gasteiger charge is -2.07. The fourth-order valence-corrected chi connectivity index (χ4v) is 1.87. The lowest BCUT2D eigenvalue weighted by molar-refractivity contribution is -0.713. The molecule has 6 nitrogen and oxygen atoms in total. The molecule has 0 aliphatic heterocycles. The van der Waals surface area contributed by atoms with Gasteiger partial charge in [0.1, 0.15) is 12.7 Å². The van der Waals surface area contributed by atoms with Crippen LogP contribution in [0.3, 0.4) is 0 Å². The van der Waals surface area contributed by atoms with E-state index in [0.29, 0.717) is 0 Å². The average Bonchev–Trinajstić information content (AvgIpc) is 2.61. The van der Waals surface area contributed by atoms with Crippen LogP contribution in [-0.4, -0.2) is 5.10 Å². The first-order valence-corrected chi connectivity index (χ1v) is 6.04. The van der Waals surface area contributed by atoms with Gasteiger partial charge in [-0.15, -0.1) is 0 Å². The molecule has 0 spiro atoms. The number of H-pyrrole nitrogens is 1. The lowest BCUT2D eigenvalue weighted by atomic mass is 10.2. The fraction of sp³-hybridized carbons (Fsp3) is 0.182. The quantitative estimate of drug-likeness (QED) is 0.493. The summed E-state index contributed by atoms with van der Waals surface area (Å²) in [7, 11) is 1.63. The molecule has 0 aliphatic carbocycles. The van der Waals surface area contributed by atoms with Crippen LogP contribution in [0.15, 0.2) is 23.3 Å². The van der Waals surface area contributed by atoms with E-state index >= 15 is 0 Å². The number of aromatic nitrogens is 2. The van der Waals surface area contributed by atoms with Crippen LogP contribution in [0.4, 0.5) is 36.2 Å². The van der Waals surface area contributed by atoms with Gasteiger partial charge in [0.15, 0.2) is 0 Å². The number of rotatable bonds is 2. The summed E-state index contributed by atoms with van der Waals surface area (Å²) in [6, 6.07) is 3.28. The zero-order valence-corrected chi connectivity index (χ0v) is 11.5. The number of halogens is 4. The van der Waals surface area contributed by atoms with Crippen molar-refractivity contribution in [3.8, 4) is 0 Å². The molecule has 0 saturated heterocycles. The van der Waals surface area contributed by atoms with Gasteiger partial charge in [0, 0.05) is 0 Å². The Bertz CT molecular complexity index is 707. The van der Waals surface area contributed by atoms with Crippen molar-refractivity contribution in [3.05, 3.63) is 28.8 Å². The summed E-state index contributed by atoms with van der Waals surface area (Å²) in [6.07, 6.45) is -4.55. The van der Waals surface area contributed by atoms with Gasteiger partial charge in [-0.3, -0.25) is 5.73 Å². The number of alkyl halides is 3. The van der Waals surface area contributed by atoms with E-state index in [4.69, 9.17) is 23.1 Å². The van der Waals surface area contributed by atoms with Gasteiger partial charge in [0.25, 0.3) is 0 Å². The molecule has 2 aromatic rings. The molecular formula is C11H12ClF3N6+2. The highest BCUT2D eigenvalue weighted by Gasteiger charge is 2.33. The number of hydrogen-bond donors (Lipinski definition) is 4. The van der Waals surface area contributed by atoms with Crippen LogP contribution in [-0.2, 0) is 13.2 Å². The smallest absolute Gasteiger partial charge is 0.377 e. The van der Waals surface area contributed by atoms with Crippen molar-refractivity contribution in [2.45, 2.75) is 6.18 Å². The minimum atomic E-state index is -4.55. The number of aryl methyl sites for hydroxylation is 1. The Morgan fingerprint density at radius 1 is 1.33 bits per heavy atom. The van der Waals surface area contributed by atoms with E-state index in [2.05, 4.69) is 15.3 Å². The molecule has 0 atom stereocenters. The molecule has 10 heteroatoms. The summed E-state index contributed by atoms with van der Waals surface area (Å²) >= 11 is 5.52. The second-order valence-electron chi connectivity index (χ2n) is 4.23. The Morgan fingerprint density at radius 3 is 2.52 bits per heavy atom. The summed E-state index contributed by atoms with van der Waals surface area (Å²) in [4.78, 5) is 0. The largest absolute Gasteiger partial charge is 0.417 e. The van der Waals surface area contributed by atoms with Crippen LogP contribution < -0.4 is 21.3 Å². The Morgan fingerprint density at radius 2 is 2.00 bits per heavy atom. The normalized spacial score (nSPS) is 12.2. The van der Waals surface area contributed by atoms with Crippen LogP contribution >= 0.6 is 11.6 Å². The summed E-state index contributed by atoms with van der Waals surface area (Å²) in [5.74, 6) is 0.477. The number of benzene rings is 1. The maximum atomic E-state index is 12.7. The number of anilines is 2. The third-order valence-electron chi connectivity index (χ3n) is 2.73. The Kier molecular flexibility index (Phi) is 3.77. The third kappa shape index (κ3) is 3.07. The van der Waals surface area contributed by atoms with Gasteiger partial charge in [-0.05, 0) is 23.3 Å². The fourth-order valence-electron chi connectivity index (χ4n) is 1.64. The lowest BCUT2D eigenvalue weighted by Crippen LogP contribution is -2.58. The molecule has 0 radical (unpaired) electrons. The molecule has 21 heavy (non-hydrogen) atoms. The van der Waals surface area contributed by atoms with Crippen molar-refractivity contribution in [3.63, 3.8) is 0 Å². The molecule has 0 bridgehead atoms. The van der Waals surface area contributed by atoms with Gasteiger partial charge >= 0.3 is 17.7 Å². The van der Waals surface area contributed by atoms with Crippen LogP contribution in [0.2, 0.25) is 5.02 Å². The minimum absolute atomic E-state index is 0.0365. The Labute approximate surface area is 122 Å². The standard InChI is InChI=1S/C11H10ClF3N6/c1-21-10(17)8(9(16)20-21)19-18-5-2-3-7(12)6(4-5)11(13,14)15/h2-4H,1H3,(H4,16,17,18,20)/p+2. The molecule has 0 amide bonds. The van der Waals surface area contributed by atoms with E-state index in [0.717, 1.165) is 12.1 Å². The molecule has 1 aromatic heterocycles. The Balaban J connectivity index is 2.38. The zero-order chi connectivity index (χ0) is 15.8. The van der Waals surface area contributed by atoms with Crippen molar-refractivity contribution in [1.82, 2.24) is 5.10 Å². The molecule has 0 aliphatic rings. The number of aromatic amines is 1. The number of nitrogens with zero attached hydrogens (tertiary/aromatic N) is 2. The van der Waals surface area contributed by atoms with Crippen molar-refractivity contribution in [2.75, 3.05) is 11.5 Å². The monoisotopic (exact) mass is 320 g/mol. The van der Waals surface area contributed by atoms with E-state index in [1.54, 1.807) is 7.05 Å². The SMILES string of the molecule is C[n+]1[nH]c(N)c([NH+]=Nc2ccc(Cl)c(C(F)(F)F)c2)c1N. The van der Waals surface area contributed by atoms with Crippen molar-refractivity contribution in [1.29, 1.82) is 0 Å². The number of nitrogen functional groups attached to an aromatic ring is 2.